The van der Waals surface area contributed by atoms with E-state index in [0.717, 1.165) is 20.9 Å². The number of fused-ring (bicyclic) bond motifs is 1. The Morgan fingerprint density at radius 1 is 1.13 bits per heavy atom. The number of ether oxygens (including phenoxy) is 2. The Balaban J connectivity index is 2.22. The average molecular weight is 329 g/mol. The molecule has 23 heavy (non-hydrogen) atoms. The number of carbonyl (C=O) groups is 1. The Morgan fingerprint density at radius 2 is 1.83 bits per heavy atom. The smallest absolute Gasteiger partial charge is 0.339 e. The van der Waals surface area contributed by atoms with E-state index in [2.05, 4.69) is 0 Å². The lowest BCUT2D eigenvalue weighted by atomic mass is 10.1. The predicted octanol–water partition coefficient (Wildman–Crippen LogP) is 3.06. The fraction of sp³-hybridized carbons (Fsp3) is 0.176. The van der Waals surface area contributed by atoms with E-state index in [0.29, 0.717) is 11.1 Å². The summed E-state index contributed by atoms with van der Waals surface area (Å²) < 4.78 is 12.2. The second-order valence-electron chi connectivity index (χ2n) is 5.00. The summed E-state index contributed by atoms with van der Waals surface area (Å²) >= 11 is 1.46. The molecule has 0 spiro atoms. The lowest BCUT2D eigenvalue weighted by Gasteiger charge is -2.03. The molecule has 0 unspecified atom stereocenters. The van der Waals surface area contributed by atoms with Crippen molar-refractivity contribution in [3.63, 3.8) is 0 Å². The van der Waals surface area contributed by atoms with Gasteiger partial charge in [0, 0.05) is 18.0 Å². The minimum atomic E-state index is -0.504. The van der Waals surface area contributed by atoms with Gasteiger partial charge in [-0.25, -0.2) is 4.79 Å². The largest absolute Gasteiger partial charge is 0.497 e. The predicted molar refractivity (Wildman–Crippen MR) is 90.4 cm³/mol. The Morgan fingerprint density at radius 3 is 2.43 bits per heavy atom. The van der Waals surface area contributed by atoms with Crippen molar-refractivity contribution in [3.8, 4) is 16.2 Å². The molecule has 2 aromatic heterocycles. The van der Waals surface area contributed by atoms with Gasteiger partial charge >= 0.3 is 5.97 Å². The summed E-state index contributed by atoms with van der Waals surface area (Å²) in [5, 5.41) is 0. The maximum absolute atomic E-state index is 12.0. The topological polar surface area (TPSA) is 57.5 Å². The van der Waals surface area contributed by atoms with Crippen molar-refractivity contribution in [2.45, 2.75) is 0 Å². The molecule has 5 nitrogen and oxygen atoms in total. The molecular weight excluding hydrogens is 314 g/mol. The summed E-state index contributed by atoms with van der Waals surface area (Å²) in [4.78, 5) is 25.0. The van der Waals surface area contributed by atoms with Crippen molar-refractivity contribution in [2.24, 2.45) is 7.05 Å². The van der Waals surface area contributed by atoms with Crippen LogP contribution in [0.2, 0.25) is 0 Å². The summed E-state index contributed by atoms with van der Waals surface area (Å²) in [5.41, 5.74) is 1.77. The summed E-state index contributed by atoms with van der Waals surface area (Å²) in [6, 6.07) is 10.9. The van der Waals surface area contributed by atoms with Crippen LogP contribution in [0.15, 0.2) is 41.2 Å². The van der Waals surface area contributed by atoms with Crippen LogP contribution in [-0.4, -0.2) is 24.8 Å². The molecule has 0 fully saturated rings. The number of methoxy groups -OCH3 is 2. The quantitative estimate of drug-likeness (QED) is 0.693. The molecule has 0 aliphatic rings. The molecule has 0 saturated heterocycles. The molecule has 118 valence electrons. The number of thiophene rings is 1. The Kier molecular flexibility index (Phi) is 3.92. The number of benzene rings is 1. The van der Waals surface area contributed by atoms with Crippen LogP contribution in [0, 0.1) is 0 Å². The molecule has 0 aliphatic heterocycles. The van der Waals surface area contributed by atoms with Crippen LogP contribution in [-0.2, 0) is 11.8 Å². The van der Waals surface area contributed by atoms with Crippen molar-refractivity contribution >= 4 is 27.5 Å². The zero-order chi connectivity index (χ0) is 16.6. The second-order valence-corrected chi connectivity index (χ2v) is 6.05. The van der Waals surface area contributed by atoms with Gasteiger partial charge in [0.05, 0.1) is 30.0 Å². The zero-order valence-electron chi connectivity index (χ0n) is 13.0. The van der Waals surface area contributed by atoms with Gasteiger partial charge in [0.1, 0.15) is 5.75 Å². The first-order valence-electron chi connectivity index (χ1n) is 6.91. The Hall–Kier alpha value is -2.60. The fourth-order valence-electron chi connectivity index (χ4n) is 2.39. The van der Waals surface area contributed by atoms with Crippen molar-refractivity contribution in [3.05, 3.63) is 52.3 Å². The van der Waals surface area contributed by atoms with Crippen LogP contribution in [0.4, 0.5) is 0 Å². The van der Waals surface area contributed by atoms with Crippen molar-refractivity contribution in [1.82, 2.24) is 4.57 Å². The summed E-state index contributed by atoms with van der Waals surface area (Å²) in [6.07, 6.45) is 0. The number of aryl methyl sites for hydroxylation is 1. The normalized spacial score (nSPS) is 10.7. The van der Waals surface area contributed by atoms with Gasteiger partial charge in [0.15, 0.2) is 0 Å². The highest BCUT2D eigenvalue weighted by molar-refractivity contribution is 7.22. The number of carbonyl (C=O) groups excluding carboxylic acids is 1. The highest BCUT2D eigenvalue weighted by Crippen LogP contribution is 2.35. The van der Waals surface area contributed by atoms with Gasteiger partial charge in [-0.3, -0.25) is 4.79 Å². The number of aromatic nitrogens is 1. The SMILES string of the molecule is COC(=O)c1cc(=O)n(C)c2cc(-c3ccc(OC)cc3)sc12. The lowest BCUT2D eigenvalue weighted by molar-refractivity contribution is 0.0603. The summed E-state index contributed by atoms with van der Waals surface area (Å²) in [5.74, 6) is 0.272. The molecule has 0 saturated carbocycles. The second kappa shape index (κ2) is 5.89. The minimum Gasteiger partial charge on any atom is -0.497 e. The Labute approximate surface area is 136 Å². The number of hydrogen-bond acceptors (Lipinski definition) is 5. The highest BCUT2D eigenvalue weighted by atomic mass is 32.1. The van der Waals surface area contributed by atoms with Crippen LogP contribution in [0.3, 0.4) is 0 Å². The molecule has 2 heterocycles. The van der Waals surface area contributed by atoms with E-state index in [1.54, 1.807) is 14.2 Å². The first-order valence-corrected chi connectivity index (χ1v) is 7.73. The molecule has 1 aromatic carbocycles. The van der Waals surface area contributed by atoms with E-state index in [4.69, 9.17) is 9.47 Å². The number of nitrogens with zero attached hydrogens (tertiary/aromatic N) is 1. The number of rotatable bonds is 3. The fourth-order valence-corrected chi connectivity index (χ4v) is 3.58. The number of esters is 1. The molecule has 6 heteroatoms. The van der Waals surface area contributed by atoms with E-state index in [1.807, 2.05) is 30.3 Å². The minimum absolute atomic E-state index is 0.239. The van der Waals surface area contributed by atoms with Gasteiger partial charge < -0.3 is 14.0 Å². The molecule has 3 rings (SSSR count). The van der Waals surface area contributed by atoms with E-state index in [1.165, 1.54) is 29.1 Å². The first-order chi connectivity index (χ1) is 11.0. The van der Waals surface area contributed by atoms with E-state index in [-0.39, 0.29) is 5.56 Å². The third kappa shape index (κ3) is 2.61. The standard InChI is InChI=1S/C17H15NO4S/c1-18-13-9-14(10-4-6-11(21-2)7-5-10)23-16(13)12(8-15(18)19)17(20)22-3/h4-9H,1-3H3. The van der Waals surface area contributed by atoms with Crippen LogP contribution in [0.25, 0.3) is 20.7 Å². The van der Waals surface area contributed by atoms with E-state index in [9.17, 15) is 9.59 Å². The van der Waals surface area contributed by atoms with E-state index < -0.39 is 5.97 Å². The zero-order valence-corrected chi connectivity index (χ0v) is 13.8. The molecule has 3 aromatic rings. The van der Waals surface area contributed by atoms with Gasteiger partial charge in [-0.1, -0.05) is 0 Å². The van der Waals surface area contributed by atoms with Crippen molar-refractivity contribution in [1.29, 1.82) is 0 Å². The van der Waals surface area contributed by atoms with Crippen LogP contribution in [0.5, 0.6) is 5.75 Å². The summed E-state index contributed by atoms with van der Waals surface area (Å²) in [6.45, 7) is 0. The molecule has 0 aliphatic carbocycles. The third-order valence-corrected chi connectivity index (χ3v) is 4.90. The van der Waals surface area contributed by atoms with Gasteiger partial charge in [0.2, 0.25) is 0 Å². The molecule has 0 bridgehead atoms. The van der Waals surface area contributed by atoms with Gasteiger partial charge in [-0.2, -0.15) is 0 Å². The number of pyridine rings is 1. The van der Waals surface area contributed by atoms with Crippen LogP contribution >= 0.6 is 11.3 Å². The van der Waals surface area contributed by atoms with Gasteiger partial charge in [-0.05, 0) is 35.9 Å². The highest BCUT2D eigenvalue weighted by Gasteiger charge is 2.17. The third-order valence-electron chi connectivity index (χ3n) is 3.70. The lowest BCUT2D eigenvalue weighted by Crippen LogP contribution is -2.18. The summed E-state index contributed by atoms with van der Waals surface area (Å²) in [7, 11) is 4.62. The molecule has 0 amide bonds. The van der Waals surface area contributed by atoms with Crippen LogP contribution < -0.4 is 10.3 Å². The van der Waals surface area contributed by atoms with Crippen molar-refractivity contribution < 1.29 is 14.3 Å². The number of hydrogen-bond donors (Lipinski definition) is 0. The average Bonchev–Trinajstić information content (AvgIpc) is 3.03. The van der Waals surface area contributed by atoms with Crippen molar-refractivity contribution in [2.75, 3.05) is 14.2 Å². The van der Waals surface area contributed by atoms with E-state index >= 15 is 0 Å². The monoisotopic (exact) mass is 329 g/mol. The molecule has 0 atom stereocenters. The molecule has 0 N–H and O–H groups in total. The van der Waals surface area contributed by atoms with Gasteiger partial charge in [0.25, 0.3) is 5.56 Å². The van der Waals surface area contributed by atoms with Gasteiger partial charge in [-0.15, -0.1) is 11.3 Å². The molecular formula is C17H15NO4S. The molecule has 0 radical (unpaired) electrons. The Bertz CT molecular complexity index is 938. The first kappa shape index (κ1) is 15.3. The maximum Gasteiger partial charge on any atom is 0.339 e. The van der Waals surface area contributed by atoms with Crippen LogP contribution in [0.1, 0.15) is 10.4 Å². The maximum atomic E-state index is 12.0.